The van der Waals surface area contributed by atoms with Gasteiger partial charge in [0.15, 0.2) is 0 Å². The molecule has 72 valence electrons. The van der Waals surface area contributed by atoms with E-state index in [1.54, 1.807) is 0 Å². The number of ether oxygens (including phenoxy) is 1. The van der Waals surface area contributed by atoms with Gasteiger partial charge in [-0.25, -0.2) is 0 Å². The molecule has 0 aromatic heterocycles. The Hall–Kier alpha value is -0.120. The first-order chi connectivity index (χ1) is 5.49. The lowest BCUT2D eigenvalue weighted by Gasteiger charge is -2.22. The molecule has 2 N–H and O–H groups in total. The fourth-order valence-electron chi connectivity index (χ4n) is 1.18. The molecule has 0 saturated carbocycles. The third-order valence-corrected chi connectivity index (χ3v) is 1.95. The second-order valence-corrected chi connectivity index (χ2v) is 4.65. The largest absolute Gasteiger partial charge is 0.389 e. The summed E-state index contributed by atoms with van der Waals surface area (Å²) in [4.78, 5) is 0. The second-order valence-electron chi connectivity index (χ2n) is 4.65. The maximum absolute atomic E-state index is 9.40. The molecule has 1 aliphatic rings. The Morgan fingerprint density at radius 1 is 1.42 bits per heavy atom. The number of nitrogens with one attached hydrogen (secondary N) is 1. The van der Waals surface area contributed by atoms with Crippen LogP contribution >= 0.6 is 0 Å². The van der Waals surface area contributed by atoms with Gasteiger partial charge >= 0.3 is 0 Å². The summed E-state index contributed by atoms with van der Waals surface area (Å²) in [6.45, 7) is 8.53. The van der Waals surface area contributed by atoms with Crippen LogP contribution in [0.4, 0.5) is 0 Å². The van der Waals surface area contributed by atoms with Gasteiger partial charge in [-0.15, -0.1) is 0 Å². The highest BCUT2D eigenvalue weighted by Crippen LogP contribution is 2.12. The van der Waals surface area contributed by atoms with E-state index in [0.29, 0.717) is 13.2 Å². The van der Waals surface area contributed by atoms with E-state index in [1.807, 2.05) is 0 Å². The van der Waals surface area contributed by atoms with Crippen LogP contribution in [0.1, 0.15) is 20.8 Å². The molecule has 3 nitrogen and oxygen atoms in total. The molecule has 0 aliphatic carbocycles. The van der Waals surface area contributed by atoms with E-state index in [0.717, 1.165) is 6.54 Å². The minimum atomic E-state index is -0.327. The lowest BCUT2D eigenvalue weighted by Crippen LogP contribution is -2.42. The molecule has 0 bridgehead atoms. The van der Waals surface area contributed by atoms with E-state index in [4.69, 9.17) is 4.74 Å². The van der Waals surface area contributed by atoms with Gasteiger partial charge in [-0.1, -0.05) is 20.8 Å². The van der Waals surface area contributed by atoms with Crippen molar-refractivity contribution in [3.63, 3.8) is 0 Å². The summed E-state index contributed by atoms with van der Waals surface area (Å²) in [6.07, 6.45) is -0.327. The first-order valence-corrected chi connectivity index (χ1v) is 4.48. The fourth-order valence-corrected chi connectivity index (χ4v) is 1.18. The molecular formula is C9H19NO2. The zero-order valence-electron chi connectivity index (χ0n) is 8.13. The summed E-state index contributed by atoms with van der Waals surface area (Å²) in [7, 11) is 0. The highest BCUT2D eigenvalue weighted by Gasteiger charge is 2.26. The van der Waals surface area contributed by atoms with E-state index < -0.39 is 0 Å². The Bertz CT molecular complexity index is 142. The standard InChI is InChI=1S/C9H19NO2/c1-9(2,3)6-10-7-4-12-5-8(7)11/h7-8,10-11H,4-6H2,1-3H3/t7?,8-/m1/s1. The molecule has 1 heterocycles. The summed E-state index contributed by atoms with van der Waals surface area (Å²) >= 11 is 0. The smallest absolute Gasteiger partial charge is 0.0948 e. The van der Waals surface area contributed by atoms with Gasteiger partial charge in [-0.05, 0) is 5.41 Å². The maximum atomic E-state index is 9.40. The van der Waals surface area contributed by atoms with Crippen molar-refractivity contribution >= 4 is 0 Å². The number of hydrogen-bond acceptors (Lipinski definition) is 3. The summed E-state index contributed by atoms with van der Waals surface area (Å²) < 4.78 is 5.12. The molecule has 0 spiro atoms. The number of rotatable bonds is 2. The van der Waals surface area contributed by atoms with Gasteiger partial charge < -0.3 is 15.2 Å². The summed E-state index contributed by atoms with van der Waals surface area (Å²) in [5.41, 5.74) is 0.266. The van der Waals surface area contributed by atoms with E-state index >= 15 is 0 Å². The lowest BCUT2D eigenvalue weighted by molar-refractivity contribution is 0.121. The Morgan fingerprint density at radius 2 is 2.08 bits per heavy atom. The molecule has 1 saturated heterocycles. The highest BCUT2D eigenvalue weighted by atomic mass is 16.5. The topological polar surface area (TPSA) is 41.5 Å². The quantitative estimate of drug-likeness (QED) is 0.634. The van der Waals surface area contributed by atoms with Crippen LogP contribution in [-0.4, -0.2) is 37.0 Å². The zero-order valence-corrected chi connectivity index (χ0v) is 8.13. The number of aliphatic hydroxyl groups is 1. The van der Waals surface area contributed by atoms with Crippen LogP contribution in [0.15, 0.2) is 0 Å². The summed E-state index contributed by atoms with van der Waals surface area (Å²) in [5, 5.41) is 12.7. The average molecular weight is 173 g/mol. The molecule has 12 heavy (non-hydrogen) atoms. The zero-order chi connectivity index (χ0) is 9.19. The lowest BCUT2D eigenvalue weighted by atomic mass is 9.96. The van der Waals surface area contributed by atoms with E-state index in [2.05, 4.69) is 26.1 Å². The van der Waals surface area contributed by atoms with Crippen LogP contribution in [0.3, 0.4) is 0 Å². The SMILES string of the molecule is CC(C)(C)CNC1COC[C@H]1O. The monoisotopic (exact) mass is 173 g/mol. The van der Waals surface area contributed by atoms with Crippen LogP contribution in [0.25, 0.3) is 0 Å². The van der Waals surface area contributed by atoms with Crippen molar-refractivity contribution in [3.05, 3.63) is 0 Å². The molecule has 1 aliphatic heterocycles. The van der Waals surface area contributed by atoms with Crippen LogP contribution < -0.4 is 5.32 Å². The predicted octanol–water partition coefficient (Wildman–Crippen LogP) is 0.382. The molecule has 3 heteroatoms. The van der Waals surface area contributed by atoms with Crippen molar-refractivity contribution in [1.82, 2.24) is 5.32 Å². The Morgan fingerprint density at radius 3 is 2.50 bits per heavy atom. The Balaban J connectivity index is 2.23. The van der Waals surface area contributed by atoms with Crippen molar-refractivity contribution in [3.8, 4) is 0 Å². The van der Waals surface area contributed by atoms with Crippen molar-refractivity contribution in [2.24, 2.45) is 5.41 Å². The molecule has 1 unspecified atom stereocenters. The van der Waals surface area contributed by atoms with Gasteiger partial charge in [-0.3, -0.25) is 0 Å². The van der Waals surface area contributed by atoms with E-state index in [-0.39, 0.29) is 17.6 Å². The van der Waals surface area contributed by atoms with Gasteiger partial charge in [0.2, 0.25) is 0 Å². The van der Waals surface area contributed by atoms with Crippen molar-refractivity contribution in [1.29, 1.82) is 0 Å². The van der Waals surface area contributed by atoms with Crippen LogP contribution in [-0.2, 0) is 4.74 Å². The van der Waals surface area contributed by atoms with Crippen molar-refractivity contribution in [2.45, 2.75) is 32.9 Å². The second kappa shape index (κ2) is 3.73. The molecule has 1 fully saturated rings. The molecule has 0 amide bonds. The third-order valence-electron chi connectivity index (χ3n) is 1.95. The molecule has 1 rings (SSSR count). The van der Waals surface area contributed by atoms with Gasteiger partial charge in [0.05, 0.1) is 25.4 Å². The van der Waals surface area contributed by atoms with Crippen LogP contribution in [0, 0.1) is 5.41 Å². The number of aliphatic hydroxyl groups excluding tert-OH is 1. The normalized spacial score (nSPS) is 31.0. The molecule has 0 aromatic rings. The van der Waals surface area contributed by atoms with Crippen LogP contribution in [0.5, 0.6) is 0 Å². The molecule has 0 radical (unpaired) electrons. The predicted molar refractivity (Wildman–Crippen MR) is 48.1 cm³/mol. The minimum Gasteiger partial charge on any atom is -0.389 e. The van der Waals surface area contributed by atoms with E-state index in [1.165, 1.54) is 0 Å². The first-order valence-electron chi connectivity index (χ1n) is 4.48. The number of hydrogen-bond donors (Lipinski definition) is 2. The third kappa shape index (κ3) is 3.09. The Kier molecular flexibility index (Phi) is 3.09. The summed E-state index contributed by atoms with van der Waals surface area (Å²) in [6, 6.07) is 0.129. The average Bonchev–Trinajstić information content (AvgIpc) is 2.29. The molecular weight excluding hydrogens is 154 g/mol. The van der Waals surface area contributed by atoms with Gasteiger partial charge in [0.25, 0.3) is 0 Å². The van der Waals surface area contributed by atoms with Crippen LogP contribution in [0.2, 0.25) is 0 Å². The first kappa shape index (κ1) is 9.96. The minimum absolute atomic E-state index is 0.129. The van der Waals surface area contributed by atoms with Crippen molar-refractivity contribution in [2.75, 3.05) is 19.8 Å². The summed E-state index contributed by atoms with van der Waals surface area (Å²) in [5.74, 6) is 0. The van der Waals surface area contributed by atoms with Crippen molar-refractivity contribution < 1.29 is 9.84 Å². The van der Waals surface area contributed by atoms with E-state index in [9.17, 15) is 5.11 Å². The van der Waals surface area contributed by atoms with Gasteiger partial charge in [0, 0.05) is 6.54 Å². The molecule has 0 aromatic carbocycles. The van der Waals surface area contributed by atoms with Gasteiger partial charge in [-0.2, -0.15) is 0 Å². The molecule has 2 atom stereocenters. The fraction of sp³-hybridized carbons (Fsp3) is 1.00. The highest BCUT2D eigenvalue weighted by molar-refractivity contribution is 4.82. The maximum Gasteiger partial charge on any atom is 0.0948 e. The Labute approximate surface area is 74.1 Å². The van der Waals surface area contributed by atoms with Gasteiger partial charge in [0.1, 0.15) is 0 Å².